The fourth-order valence-electron chi connectivity index (χ4n) is 4.65. The van der Waals surface area contributed by atoms with Crippen LogP contribution in [0.4, 0.5) is 27.5 Å². The van der Waals surface area contributed by atoms with Crippen LogP contribution in [0.15, 0.2) is 36.4 Å². The van der Waals surface area contributed by atoms with Gasteiger partial charge in [0.25, 0.3) is 0 Å². The number of piperazine rings is 1. The molecular formula is C31H46N8O6. The second-order valence-electron chi connectivity index (χ2n) is 11.6. The number of anilines is 4. The van der Waals surface area contributed by atoms with E-state index in [-0.39, 0.29) is 17.2 Å². The number of hydrogen-bond acceptors (Lipinski definition) is 11. The normalized spacial score (nSPS) is 13.8. The number of hydrogen-bond donors (Lipinski definition) is 6. The quantitative estimate of drug-likeness (QED) is 0.102. The van der Waals surface area contributed by atoms with Crippen molar-refractivity contribution in [3.8, 4) is 11.5 Å². The molecule has 45 heavy (non-hydrogen) atoms. The van der Waals surface area contributed by atoms with Gasteiger partial charge in [0.1, 0.15) is 28.5 Å². The Hall–Kier alpha value is -4.85. The fraction of sp³-hybridized carbons (Fsp3) is 0.452. The molecule has 0 aromatic heterocycles. The van der Waals surface area contributed by atoms with Gasteiger partial charge in [-0.25, -0.2) is 4.79 Å². The average Bonchev–Trinajstić information content (AvgIpc) is 2.97. The molecule has 2 aromatic rings. The van der Waals surface area contributed by atoms with Crippen LogP contribution < -0.4 is 43.0 Å². The van der Waals surface area contributed by atoms with Crippen molar-refractivity contribution in [2.24, 2.45) is 11.5 Å². The van der Waals surface area contributed by atoms with Gasteiger partial charge in [0.15, 0.2) is 0 Å². The summed E-state index contributed by atoms with van der Waals surface area (Å²) in [5.74, 6) is -0.371. The Kier molecular flexibility index (Phi) is 12.1. The summed E-state index contributed by atoms with van der Waals surface area (Å²) < 4.78 is 16.9. The molecule has 246 valence electrons. The lowest BCUT2D eigenvalue weighted by molar-refractivity contribution is 0.0142. The zero-order chi connectivity index (χ0) is 33.1. The van der Waals surface area contributed by atoms with Crippen molar-refractivity contribution in [1.82, 2.24) is 9.80 Å². The second-order valence-corrected chi connectivity index (χ2v) is 11.6. The molecule has 0 unspecified atom stereocenters. The molecule has 1 aliphatic rings. The molecule has 0 bridgehead atoms. The standard InChI is InChI=1S/C31H46N8O6/c1-31(2,3)45-30(42)39-13-11-38(12-14-39)10-7-15-44-25-19-21(29(35)41)17-23(33)27(25)37-9-6-5-8-36-26-22(32)16-20(28(34)40)18-24(26)43-4/h5-6,16-19,36-37H,7-15,32-33H2,1-4H3,(H2,34,40)(H2,35,41)/b6-5+. The maximum Gasteiger partial charge on any atom is 0.410 e. The molecule has 1 fully saturated rings. The highest BCUT2D eigenvalue weighted by Crippen LogP contribution is 2.33. The average molecular weight is 627 g/mol. The number of primary amides is 2. The predicted octanol–water partition coefficient (Wildman–Crippen LogP) is 2.46. The third-order valence-electron chi connectivity index (χ3n) is 6.91. The van der Waals surface area contributed by atoms with E-state index in [2.05, 4.69) is 15.5 Å². The molecule has 0 radical (unpaired) electrons. The van der Waals surface area contributed by atoms with Crippen LogP contribution in [0.1, 0.15) is 47.9 Å². The van der Waals surface area contributed by atoms with Gasteiger partial charge in [-0.2, -0.15) is 0 Å². The first kappa shape index (κ1) is 34.6. The van der Waals surface area contributed by atoms with Gasteiger partial charge in [-0.15, -0.1) is 0 Å². The molecule has 0 aliphatic carbocycles. The molecule has 0 spiro atoms. The summed E-state index contributed by atoms with van der Waals surface area (Å²) in [6.07, 6.45) is 4.20. The molecule has 3 amide bonds. The number of carbonyl (C=O) groups is 3. The van der Waals surface area contributed by atoms with E-state index in [1.165, 1.54) is 25.3 Å². The van der Waals surface area contributed by atoms with Crippen LogP contribution in [0.2, 0.25) is 0 Å². The van der Waals surface area contributed by atoms with Crippen molar-refractivity contribution in [2.75, 3.05) is 81.6 Å². The number of methoxy groups -OCH3 is 1. The zero-order valence-electron chi connectivity index (χ0n) is 26.5. The van der Waals surface area contributed by atoms with Crippen LogP contribution in [-0.4, -0.2) is 92.8 Å². The van der Waals surface area contributed by atoms with Crippen LogP contribution in [0, 0.1) is 0 Å². The Labute approximate surface area is 264 Å². The molecule has 3 rings (SSSR count). The largest absolute Gasteiger partial charge is 0.494 e. The molecule has 0 saturated carbocycles. The van der Waals surface area contributed by atoms with Crippen LogP contribution in [0.5, 0.6) is 11.5 Å². The van der Waals surface area contributed by atoms with E-state index in [9.17, 15) is 14.4 Å². The summed E-state index contributed by atoms with van der Waals surface area (Å²) in [4.78, 5) is 39.7. The minimum atomic E-state index is -0.606. The number of benzene rings is 2. The topological polar surface area (TPSA) is 214 Å². The van der Waals surface area contributed by atoms with E-state index in [1.54, 1.807) is 11.0 Å². The monoisotopic (exact) mass is 626 g/mol. The SMILES string of the molecule is COc1cc(C(N)=O)cc(N)c1NC/C=C/CNc1c(N)cc(C(N)=O)cc1OCCCN1CCN(C(=O)OC(C)(C)C)CC1. The Morgan fingerprint density at radius 3 is 1.84 bits per heavy atom. The lowest BCUT2D eigenvalue weighted by Gasteiger charge is -2.35. The van der Waals surface area contributed by atoms with Crippen molar-refractivity contribution < 1.29 is 28.6 Å². The van der Waals surface area contributed by atoms with Gasteiger partial charge in [0, 0.05) is 56.9 Å². The van der Waals surface area contributed by atoms with Crippen LogP contribution in [0.3, 0.4) is 0 Å². The van der Waals surface area contributed by atoms with Crippen LogP contribution in [0.25, 0.3) is 0 Å². The summed E-state index contributed by atoms with van der Waals surface area (Å²) in [5.41, 5.74) is 24.9. The first-order valence-corrected chi connectivity index (χ1v) is 14.8. The number of rotatable bonds is 14. The van der Waals surface area contributed by atoms with Gasteiger partial charge in [0.2, 0.25) is 11.8 Å². The minimum absolute atomic E-state index is 0.250. The fourth-order valence-corrected chi connectivity index (χ4v) is 4.65. The first-order valence-electron chi connectivity index (χ1n) is 14.8. The number of nitrogens with one attached hydrogen (secondary N) is 2. The van der Waals surface area contributed by atoms with E-state index in [1.807, 2.05) is 32.9 Å². The molecule has 14 nitrogen and oxygen atoms in total. The van der Waals surface area contributed by atoms with Crippen LogP contribution >= 0.6 is 0 Å². The second kappa shape index (κ2) is 15.7. The number of nitrogens with two attached hydrogens (primary N) is 4. The van der Waals surface area contributed by atoms with E-state index in [0.29, 0.717) is 67.0 Å². The molecule has 14 heteroatoms. The highest BCUT2D eigenvalue weighted by Gasteiger charge is 2.25. The third-order valence-corrected chi connectivity index (χ3v) is 6.91. The predicted molar refractivity (Wildman–Crippen MR) is 176 cm³/mol. The maximum atomic E-state index is 12.3. The third kappa shape index (κ3) is 10.4. The van der Waals surface area contributed by atoms with Crippen molar-refractivity contribution in [3.05, 3.63) is 47.5 Å². The van der Waals surface area contributed by atoms with Gasteiger partial charge in [0.05, 0.1) is 25.1 Å². The van der Waals surface area contributed by atoms with E-state index in [0.717, 1.165) is 26.1 Å². The number of amides is 3. The Morgan fingerprint density at radius 1 is 0.844 bits per heavy atom. The Balaban J connectivity index is 1.51. The van der Waals surface area contributed by atoms with Gasteiger partial charge < -0.3 is 52.7 Å². The molecule has 2 aromatic carbocycles. The summed E-state index contributed by atoms with van der Waals surface area (Å²) in [6.45, 7) is 10.3. The molecule has 0 atom stereocenters. The van der Waals surface area contributed by atoms with Gasteiger partial charge >= 0.3 is 6.09 Å². The smallest absolute Gasteiger partial charge is 0.410 e. The maximum absolute atomic E-state index is 12.3. The van der Waals surface area contributed by atoms with Gasteiger partial charge in [-0.05, 0) is 51.5 Å². The Morgan fingerprint density at radius 2 is 1.36 bits per heavy atom. The van der Waals surface area contributed by atoms with E-state index >= 15 is 0 Å². The van der Waals surface area contributed by atoms with E-state index in [4.69, 9.17) is 37.1 Å². The molecule has 10 N–H and O–H groups in total. The molecule has 1 heterocycles. The highest BCUT2D eigenvalue weighted by molar-refractivity contribution is 5.97. The number of nitrogen functional groups attached to an aromatic ring is 2. The zero-order valence-corrected chi connectivity index (χ0v) is 26.5. The number of ether oxygens (including phenoxy) is 3. The minimum Gasteiger partial charge on any atom is -0.494 e. The summed E-state index contributed by atoms with van der Waals surface area (Å²) in [6, 6.07) is 6.11. The van der Waals surface area contributed by atoms with E-state index < -0.39 is 17.4 Å². The highest BCUT2D eigenvalue weighted by atomic mass is 16.6. The van der Waals surface area contributed by atoms with Crippen molar-refractivity contribution in [3.63, 3.8) is 0 Å². The molecule has 1 aliphatic heterocycles. The van der Waals surface area contributed by atoms with Gasteiger partial charge in [-0.1, -0.05) is 12.2 Å². The summed E-state index contributed by atoms with van der Waals surface area (Å²) in [5, 5.41) is 6.42. The molecule has 1 saturated heterocycles. The lowest BCUT2D eigenvalue weighted by atomic mass is 10.1. The Bertz CT molecular complexity index is 1380. The van der Waals surface area contributed by atoms with Gasteiger partial charge in [-0.3, -0.25) is 14.5 Å². The first-order chi connectivity index (χ1) is 21.3. The number of carbonyl (C=O) groups excluding carboxylic acids is 3. The molecular weight excluding hydrogens is 580 g/mol. The summed E-state index contributed by atoms with van der Waals surface area (Å²) in [7, 11) is 1.48. The number of nitrogens with zero attached hydrogens (tertiary/aromatic N) is 2. The van der Waals surface area contributed by atoms with Crippen molar-refractivity contribution in [2.45, 2.75) is 32.8 Å². The van der Waals surface area contributed by atoms with Crippen molar-refractivity contribution >= 4 is 40.7 Å². The lowest BCUT2D eigenvalue weighted by Crippen LogP contribution is -2.50. The van der Waals surface area contributed by atoms with Crippen LogP contribution in [-0.2, 0) is 4.74 Å². The van der Waals surface area contributed by atoms with Crippen molar-refractivity contribution in [1.29, 1.82) is 0 Å². The summed E-state index contributed by atoms with van der Waals surface area (Å²) >= 11 is 0.